The topological polar surface area (TPSA) is 109 Å². The summed E-state index contributed by atoms with van der Waals surface area (Å²) in [5.41, 5.74) is 13.7. The zero-order chi connectivity index (χ0) is 24.4. The molecule has 0 saturated heterocycles. The number of allylic oxidation sites excluding steroid dienone is 5. The molecule has 4 rings (SSSR count). The highest BCUT2D eigenvalue weighted by molar-refractivity contribution is 6.14. The van der Waals surface area contributed by atoms with Gasteiger partial charge in [0.2, 0.25) is 0 Å². The van der Waals surface area contributed by atoms with Crippen molar-refractivity contribution in [3.05, 3.63) is 95.5 Å². The van der Waals surface area contributed by atoms with Crippen molar-refractivity contribution in [3.63, 3.8) is 0 Å². The van der Waals surface area contributed by atoms with Gasteiger partial charge in [0.15, 0.2) is 0 Å². The minimum absolute atomic E-state index is 0.271. The van der Waals surface area contributed by atoms with Gasteiger partial charge in [0.05, 0.1) is 22.6 Å². The van der Waals surface area contributed by atoms with Crippen LogP contribution >= 0.6 is 0 Å². The number of imidazole rings is 1. The number of nitrogens with one attached hydrogen (secondary N) is 2. The Balaban J connectivity index is 1.78. The number of aromatic nitrogens is 5. The molecule has 7 heteroatoms. The summed E-state index contributed by atoms with van der Waals surface area (Å²) in [6.45, 7) is 12.0. The van der Waals surface area contributed by atoms with Crippen LogP contribution in [-0.2, 0) is 0 Å². The number of aryl methyl sites for hydroxylation is 1. The summed E-state index contributed by atoms with van der Waals surface area (Å²) >= 11 is 0. The number of aromatic amines is 1. The van der Waals surface area contributed by atoms with Gasteiger partial charge in [0.25, 0.3) is 0 Å². The number of nitrogen functional groups attached to an aromatic ring is 1. The number of nitrogens with zero attached hydrogens (tertiary/aromatic N) is 4. The third-order valence-corrected chi connectivity index (χ3v) is 5.76. The van der Waals surface area contributed by atoms with Gasteiger partial charge in [0.1, 0.15) is 18.0 Å². The van der Waals surface area contributed by atoms with Crippen LogP contribution in [0.2, 0.25) is 0 Å². The first-order valence-electron chi connectivity index (χ1n) is 11.1. The molecule has 0 fully saturated rings. The van der Waals surface area contributed by atoms with E-state index in [0.29, 0.717) is 17.1 Å². The zero-order valence-corrected chi connectivity index (χ0v) is 20.0. The summed E-state index contributed by atoms with van der Waals surface area (Å²) in [5.74, 6) is 1.07. The van der Waals surface area contributed by atoms with Crippen LogP contribution < -0.4 is 5.73 Å². The van der Waals surface area contributed by atoms with Crippen molar-refractivity contribution in [2.45, 2.75) is 34.1 Å². The Hall–Kier alpha value is -4.26. The summed E-state index contributed by atoms with van der Waals surface area (Å²) < 4.78 is 1.88. The van der Waals surface area contributed by atoms with E-state index in [2.05, 4.69) is 45.6 Å². The lowest BCUT2D eigenvalue weighted by Gasteiger charge is -2.12. The van der Waals surface area contributed by atoms with Gasteiger partial charge < -0.3 is 10.7 Å². The van der Waals surface area contributed by atoms with Gasteiger partial charge in [-0.1, -0.05) is 24.3 Å². The van der Waals surface area contributed by atoms with E-state index >= 15 is 0 Å². The predicted molar refractivity (Wildman–Crippen MR) is 139 cm³/mol. The lowest BCUT2D eigenvalue weighted by atomic mass is 9.95. The molecule has 0 saturated carbocycles. The van der Waals surface area contributed by atoms with Crippen molar-refractivity contribution in [2.75, 3.05) is 5.73 Å². The zero-order valence-electron chi connectivity index (χ0n) is 20.0. The lowest BCUT2D eigenvalue weighted by molar-refractivity contribution is 1.01. The van der Waals surface area contributed by atoms with E-state index in [4.69, 9.17) is 11.1 Å². The fourth-order valence-corrected chi connectivity index (χ4v) is 3.82. The minimum atomic E-state index is 0.271. The van der Waals surface area contributed by atoms with E-state index in [0.717, 1.165) is 51.1 Å². The van der Waals surface area contributed by atoms with Gasteiger partial charge in [-0.2, -0.15) is 0 Å². The second kappa shape index (κ2) is 9.31. The van der Waals surface area contributed by atoms with E-state index < -0.39 is 0 Å². The Morgan fingerprint density at radius 3 is 2.71 bits per heavy atom. The summed E-state index contributed by atoms with van der Waals surface area (Å²) in [4.78, 5) is 16.6. The number of hydrogen-bond acceptors (Lipinski definition) is 5. The Kier molecular flexibility index (Phi) is 6.27. The Labute approximate surface area is 199 Å². The van der Waals surface area contributed by atoms with Crippen LogP contribution in [-0.4, -0.2) is 30.2 Å². The number of nitrogens with two attached hydrogens (primary N) is 1. The third kappa shape index (κ3) is 4.45. The van der Waals surface area contributed by atoms with Gasteiger partial charge >= 0.3 is 0 Å². The lowest BCUT2D eigenvalue weighted by Crippen LogP contribution is -2.08. The molecule has 0 spiro atoms. The van der Waals surface area contributed by atoms with Crippen LogP contribution in [0, 0.1) is 12.3 Å². The number of hydrogen-bond donors (Lipinski definition) is 3. The molecular weight excluding hydrogens is 422 g/mol. The maximum Gasteiger partial charge on any atom is 0.147 e. The van der Waals surface area contributed by atoms with Gasteiger partial charge in [-0.25, -0.2) is 15.0 Å². The monoisotopic (exact) mass is 451 g/mol. The summed E-state index contributed by atoms with van der Waals surface area (Å²) in [6.07, 6.45) is 12.1. The minimum Gasteiger partial charge on any atom is -0.383 e. The normalized spacial score (nSPS) is 12.4. The molecule has 0 unspecified atom stereocenters. The van der Waals surface area contributed by atoms with Crippen LogP contribution in [0.5, 0.6) is 0 Å². The van der Waals surface area contributed by atoms with Crippen molar-refractivity contribution >= 4 is 28.0 Å². The van der Waals surface area contributed by atoms with Crippen molar-refractivity contribution in [1.29, 1.82) is 5.41 Å². The van der Waals surface area contributed by atoms with Crippen molar-refractivity contribution in [1.82, 2.24) is 24.5 Å². The highest BCUT2D eigenvalue weighted by Crippen LogP contribution is 2.28. The highest BCUT2D eigenvalue weighted by atomic mass is 15.1. The fourth-order valence-electron chi connectivity index (χ4n) is 3.82. The second-order valence-corrected chi connectivity index (χ2v) is 8.48. The van der Waals surface area contributed by atoms with Crippen LogP contribution in [0.4, 0.5) is 5.82 Å². The SMILES string of the molecule is C=C(C)C/C=C(\C(C)=C/C)c1cnc(N)c(C(=N)c2cc3c(-n4cnc(C)c4)nccc3[nH]2)c1. The molecule has 0 amide bonds. The number of pyridine rings is 2. The van der Waals surface area contributed by atoms with Crippen LogP contribution in [0.15, 0.2) is 73.0 Å². The molecule has 0 aliphatic carbocycles. The van der Waals surface area contributed by atoms with Crippen LogP contribution in [0.1, 0.15) is 49.7 Å². The molecule has 4 heterocycles. The molecule has 0 aromatic carbocycles. The smallest absolute Gasteiger partial charge is 0.147 e. The molecule has 4 N–H and O–H groups in total. The molecule has 0 aliphatic heterocycles. The van der Waals surface area contributed by atoms with E-state index in [9.17, 15) is 0 Å². The standard InChI is InChI=1S/C27H29N7/c1-6-17(4)20(8-7-16(2)3)19-11-22(26(29)31-13-19)25(28)24-12-21-23(33-24)9-10-30-27(21)34-14-18(5)32-15-34/h6,8-15,28,33H,2,7H2,1,3-5H3,(H2,29,31)/b17-6-,20-8+,28-25?. The first-order chi connectivity index (χ1) is 16.3. The van der Waals surface area contributed by atoms with E-state index in [1.54, 1.807) is 18.7 Å². The average molecular weight is 452 g/mol. The van der Waals surface area contributed by atoms with E-state index in [1.165, 1.54) is 0 Å². The molecule has 0 aliphatic rings. The van der Waals surface area contributed by atoms with Crippen LogP contribution in [0.25, 0.3) is 22.3 Å². The molecule has 0 atom stereocenters. The molecule has 7 nitrogen and oxygen atoms in total. The molecule has 34 heavy (non-hydrogen) atoms. The Morgan fingerprint density at radius 2 is 2.03 bits per heavy atom. The number of anilines is 1. The first kappa shape index (κ1) is 22.9. The number of fused-ring (bicyclic) bond motifs is 1. The van der Waals surface area contributed by atoms with E-state index in [-0.39, 0.29) is 5.71 Å². The molecule has 0 bridgehead atoms. The van der Waals surface area contributed by atoms with Gasteiger partial charge in [-0.05, 0) is 63.5 Å². The molecule has 4 aromatic heterocycles. The molecular formula is C27H29N7. The quantitative estimate of drug-likeness (QED) is 0.188. The number of rotatable bonds is 7. The van der Waals surface area contributed by atoms with Gasteiger partial charge in [-0.15, -0.1) is 0 Å². The first-order valence-corrected chi connectivity index (χ1v) is 11.1. The van der Waals surface area contributed by atoms with Crippen molar-refractivity contribution < 1.29 is 0 Å². The highest BCUT2D eigenvalue weighted by Gasteiger charge is 2.17. The maximum atomic E-state index is 8.94. The molecule has 172 valence electrons. The Bertz CT molecular complexity index is 1460. The van der Waals surface area contributed by atoms with Gasteiger partial charge in [-0.3, -0.25) is 9.98 Å². The summed E-state index contributed by atoms with van der Waals surface area (Å²) in [6, 6.07) is 5.76. The average Bonchev–Trinajstić information content (AvgIpc) is 3.45. The predicted octanol–water partition coefficient (Wildman–Crippen LogP) is 5.77. The number of H-pyrrole nitrogens is 1. The Morgan fingerprint density at radius 1 is 1.24 bits per heavy atom. The second-order valence-electron chi connectivity index (χ2n) is 8.48. The maximum absolute atomic E-state index is 8.94. The summed E-state index contributed by atoms with van der Waals surface area (Å²) in [7, 11) is 0. The van der Waals surface area contributed by atoms with E-state index in [1.807, 2.05) is 49.7 Å². The largest absolute Gasteiger partial charge is 0.383 e. The van der Waals surface area contributed by atoms with Gasteiger partial charge in [0, 0.05) is 35.1 Å². The summed E-state index contributed by atoms with van der Waals surface area (Å²) in [5, 5.41) is 9.84. The van der Waals surface area contributed by atoms with Crippen LogP contribution in [0.3, 0.4) is 0 Å². The van der Waals surface area contributed by atoms with Crippen molar-refractivity contribution in [2.24, 2.45) is 0 Å². The molecule has 0 radical (unpaired) electrons. The third-order valence-electron chi connectivity index (χ3n) is 5.76. The molecule has 4 aromatic rings. The van der Waals surface area contributed by atoms with Crippen molar-refractivity contribution in [3.8, 4) is 5.82 Å². The fraction of sp³-hybridized carbons (Fsp3) is 0.185.